The third kappa shape index (κ3) is 14.2. The molecule has 2 N–H and O–H groups in total. The van der Waals surface area contributed by atoms with Gasteiger partial charge >= 0.3 is 5.97 Å². The van der Waals surface area contributed by atoms with E-state index in [1.807, 2.05) is 0 Å². The summed E-state index contributed by atoms with van der Waals surface area (Å²) in [5, 5.41) is 17.1. The summed E-state index contributed by atoms with van der Waals surface area (Å²) in [6.07, 6.45) is 4.58. The van der Waals surface area contributed by atoms with Gasteiger partial charge in [-0.3, -0.25) is 8.98 Å². The molecule has 3 aliphatic rings. The van der Waals surface area contributed by atoms with Crippen molar-refractivity contribution in [2.45, 2.75) is 96.9 Å². The highest BCUT2D eigenvalue weighted by atomic mass is 32.2. The molecule has 13 heteroatoms. The highest BCUT2D eigenvalue weighted by molar-refractivity contribution is 7.94. The summed E-state index contributed by atoms with van der Waals surface area (Å²) in [5.41, 5.74) is 0. The third-order valence-electron chi connectivity index (χ3n) is 5.50. The number of carboxylic acid groups (broad SMARTS) is 1. The smallest absolute Gasteiger partial charge is 0.324 e. The summed E-state index contributed by atoms with van der Waals surface area (Å²) in [7, 11) is -6.92. The maximum atomic E-state index is 12.0. The Labute approximate surface area is 218 Å². The first-order valence-corrected chi connectivity index (χ1v) is 14.4. The first kappa shape index (κ1) is 39.7. The van der Waals surface area contributed by atoms with Crippen molar-refractivity contribution in [2.75, 3.05) is 45.9 Å². The number of carbonyl (C=O) groups is 1. The Balaban J connectivity index is -0.000000461. The molecule has 3 heterocycles. The molecule has 3 aliphatic heterocycles. The summed E-state index contributed by atoms with van der Waals surface area (Å²) in [5.74, 6) is -1.30. The summed E-state index contributed by atoms with van der Waals surface area (Å²) in [6.45, 7) is 5.92. The molecule has 0 amide bonds. The zero-order valence-electron chi connectivity index (χ0n) is 19.6. The molecule has 0 aromatic heterocycles. The number of hydrogen-bond acceptors (Lipinski definition) is 10. The lowest BCUT2D eigenvalue weighted by atomic mass is 10.2. The van der Waals surface area contributed by atoms with Crippen molar-refractivity contribution in [1.82, 2.24) is 0 Å². The molecular formula is C23H50O11S2. The van der Waals surface area contributed by atoms with E-state index in [-0.39, 0.29) is 34.5 Å². The second-order valence-corrected chi connectivity index (χ2v) is 13.0. The zero-order chi connectivity index (χ0) is 25.1. The Morgan fingerprint density at radius 3 is 1.44 bits per heavy atom. The van der Waals surface area contributed by atoms with Gasteiger partial charge in [-0.2, -0.15) is 8.42 Å². The Bertz CT molecular complexity index is 777. The Morgan fingerprint density at radius 2 is 1.14 bits per heavy atom. The first-order valence-electron chi connectivity index (χ1n) is 11.0. The Hall–Kier alpha value is -0.830. The second kappa shape index (κ2) is 18.4. The van der Waals surface area contributed by atoms with Crippen LogP contribution >= 0.6 is 0 Å². The number of rotatable bonds is 5. The highest BCUT2D eigenvalue weighted by Crippen LogP contribution is 2.27. The maximum absolute atomic E-state index is 12.0. The molecule has 3 rings (SSSR count). The van der Waals surface area contributed by atoms with Gasteiger partial charge in [0, 0.05) is 39.6 Å². The van der Waals surface area contributed by atoms with E-state index in [9.17, 15) is 21.6 Å². The molecule has 11 nitrogen and oxygen atoms in total. The van der Waals surface area contributed by atoms with Gasteiger partial charge in [0.1, 0.15) is 0 Å². The molecule has 0 aromatic rings. The van der Waals surface area contributed by atoms with Crippen molar-refractivity contribution in [3.63, 3.8) is 0 Å². The van der Waals surface area contributed by atoms with Crippen molar-refractivity contribution >= 4 is 25.9 Å². The molecule has 3 fully saturated rings. The van der Waals surface area contributed by atoms with Gasteiger partial charge in [0.15, 0.2) is 14.6 Å². The van der Waals surface area contributed by atoms with Crippen molar-refractivity contribution in [3.05, 3.63) is 0 Å². The Morgan fingerprint density at radius 1 is 0.778 bits per heavy atom. The van der Waals surface area contributed by atoms with Crippen molar-refractivity contribution < 1.29 is 50.2 Å². The quantitative estimate of drug-likeness (QED) is 0.470. The van der Waals surface area contributed by atoms with Gasteiger partial charge in [-0.15, -0.1) is 0 Å². The molecule has 0 aromatic carbocycles. The van der Waals surface area contributed by atoms with Crippen molar-refractivity contribution in [3.8, 4) is 0 Å². The molecule has 0 saturated carbocycles. The minimum atomic E-state index is -3.64. The van der Waals surface area contributed by atoms with Gasteiger partial charge in [-0.1, -0.05) is 22.3 Å². The van der Waals surface area contributed by atoms with Crippen LogP contribution in [0.4, 0.5) is 0 Å². The van der Waals surface area contributed by atoms with Gasteiger partial charge in [-0.25, -0.2) is 8.42 Å². The zero-order valence-corrected chi connectivity index (χ0v) is 21.2. The number of aliphatic carboxylic acids is 1. The number of ether oxygens (including phenoxy) is 3. The number of hydrogen-bond donors (Lipinski definition) is 2. The molecule has 220 valence electrons. The summed E-state index contributed by atoms with van der Waals surface area (Å²) in [6, 6.07) is 0. The average molecular weight is 567 g/mol. The predicted octanol–water partition coefficient (Wildman–Crippen LogP) is 2.65. The summed E-state index contributed by atoms with van der Waals surface area (Å²) >= 11 is 0. The molecule has 0 unspecified atom stereocenters. The van der Waals surface area contributed by atoms with Crippen LogP contribution in [0.5, 0.6) is 0 Å². The third-order valence-corrected chi connectivity index (χ3v) is 9.07. The van der Waals surface area contributed by atoms with Crippen LogP contribution in [0.1, 0.15) is 74.7 Å². The van der Waals surface area contributed by atoms with Crippen molar-refractivity contribution in [1.29, 1.82) is 0 Å². The van der Waals surface area contributed by atoms with Gasteiger partial charge in [-0.05, 0) is 52.4 Å². The molecule has 0 bridgehead atoms. The maximum Gasteiger partial charge on any atom is 0.324 e. The molecule has 0 atom stereocenters. The molecule has 3 saturated heterocycles. The Kier molecular flexibility index (Phi) is 20.3. The lowest BCUT2D eigenvalue weighted by Crippen LogP contribution is -2.47. The molecule has 0 aliphatic carbocycles. The van der Waals surface area contributed by atoms with Crippen LogP contribution in [0.25, 0.3) is 0 Å². The molecule has 0 spiro atoms. The number of carboxylic acids is 1. The lowest BCUT2D eigenvalue weighted by Gasteiger charge is -2.29. The van der Waals surface area contributed by atoms with E-state index in [2.05, 4.69) is 0 Å². The second-order valence-electron chi connectivity index (χ2n) is 8.63. The van der Waals surface area contributed by atoms with Gasteiger partial charge in [0.05, 0.1) is 23.7 Å². The highest BCUT2D eigenvalue weighted by Gasteiger charge is 2.46. The molecule has 0 radical (unpaired) electrons. The van der Waals surface area contributed by atoms with E-state index in [1.54, 1.807) is 0 Å². The SMILES string of the molecule is C.C.C.CC(C)(C(=O)O)S(=O)(=O)C1CCOCC1.CS(=O)(=O)OC1CCOCC1.OC1CCOCC1. The van der Waals surface area contributed by atoms with E-state index in [0.717, 1.165) is 32.3 Å². The average Bonchev–Trinajstić information content (AvgIpc) is 2.75. The molecular weight excluding hydrogens is 516 g/mol. The largest absolute Gasteiger partial charge is 0.480 e. The van der Waals surface area contributed by atoms with Crippen LogP contribution in [0, 0.1) is 0 Å². The van der Waals surface area contributed by atoms with Gasteiger partial charge in [0.25, 0.3) is 10.1 Å². The predicted molar refractivity (Wildman–Crippen MR) is 140 cm³/mol. The topological polar surface area (TPSA) is 163 Å². The summed E-state index contributed by atoms with van der Waals surface area (Å²) in [4.78, 5) is 10.9. The van der Waals surface area contributed by atoms with E-state index < -0.39 is 35.9 Å². The summed E-state index contributed by atoms with van der Waals surface area (Å²) < 4.78 is 63.4. The van der Waals surface area contributed by atoms with Crippen LogP contribution in [-0.2, 0) is 43.1 Å². The number of sulfone groups is 1. The van der Waals surface area contributed by atoms with E-state index in [4.69, 9.17) is 28.6 Å². The monoisotopic (exact) mass is 566 g/mol. The van der Waals surface area contributed by atoms with Crippen LogP contribution < -0.4 is 0 Å². The fourth-order valence-corrected chi connectivity index (χ4v) is 5.81. The normalized spacial score (nSPS) is 20.0. The van der Waals surface area contributed by atoms with E-state index in [0.29, 0.717) is 52.1 Å². The number of aliphatic hydroxyl groups excluding tert-OH is 1. The van der Waals surface area contributed by atoms with Crippen LogP contribution in [0.3, 0.4) is 0 Å². The first-order chi connectivity index (χ1) is 15.3. The number of aliphatic hydroxyl groups is 1. The lowest BCUT2D eigenvalue weighted by molar-refractivity contribution is -0.139. The van der Waals surface area contributed by atoms with Crippen LogP contribution in [0.15, 0.2) is 0 Å². The van der Waals surface area contributed by atoms with E-state index >= 15 is 0 Å². The minimum Gasteiger partial charge on any atom is -0.480 e. The standard InChI is InChI=1S/C9H16O5S.C6H12O4S.C5H10O2.3CH4/c1-9(2,8(10)11)15(12,13)7-3-5-14-6-4-7;1-11(7,8)10-6-2-4-9-5-3-6;6-5-1-3-7-4-2-5;;;/h7H,3-6H2,1-2H3,(H,10,11);6H,2-5H2,1H3;5-6H,1-4H2;3*1H4. The van der Waals surface area contributed by atoms with Gasteiger partial charge in [0.2, 0.25) is 0 Å². The van der Waals surface area contributed by atoms with E-state index in [1.165, 1.54) is 13.8 Å². The molecule has 36 heavy (non-hydrogen) atoms. The fourth-order valence-electron chi connectivity index (χ4n) is 3.23. The fraction of sp³-hybridized carbons (Fsp3) is 0.957. The van der Waals surface area contributed by atoms with Crippen LogP contribution in [0.2, 0.25) is 0 Å². The van der Waals surface area contributed by atoms with Gasteiger partial charge < -0.3 is 24.4 Å². The van der Waals surface area contributed by atoms with Crippen LogP contribution in [-0.4, -0.2) is 101 Å². The minimum absolute atomic E-state index is 0. The van der Waals surface area contributed by atoms with Crippen molar-refractivity contribution in [2.24, 2.45) is 0 Å².